The number of hydrogen-bond donors (Lipinski definition) is 3. The maximum Gasteiger partial charge on any atom is 0.252 e. The van der Waals surface area contributed by atoms with Crippen molar-refractivity contribution in [2.75, 3.05) is 6.54 Å². The lowest BCUT2D eigenvalue weighted by Gasteiger charge is -2.43. The quantitative estimate of drug-likeness (QED) is 0.274. The number of piperidine rings is 1. The van der Waals surface area contributed by atoms with Crippen molar-refractivity contribution in [3.8, 4) is 0 Å². The van der Waals surface area contributed by atoms with Gasteiger partial charge >= 0.3 is 0 Å². The standard InChI is InChI=1S/C28H25BrClFN2O2/c1-16-12-21(31)7-8-22(16)25-15-28(35,10-11-32-25)26(17-2-5-20(30)6-3-17)23-14-18-13-19(29)4-9-24(18)33-27(23)34/h2-9,12-14,25-26,32,35H,10-11,15H2,1H3,(H,33,34). The number of rotatable bonds is 4. The summed E-state index contributed by atoms with van der Waals surface area (Å²) < 4.78 is 14.6. The molecule has 0 saturated carbocycles. The van der Waals surface area contributed by atoms with Crippen molar-refractivity contribution in [3.05, 3.63) is 115 Å². The number of hydrogen-bond acceptors (Lipinski definition) is 3. The van der Waals surface area contributed by atoms with Gasteiger partial charge in [0.05, 0.1) is 5.60 Å². The van der Waals surface area contributed by atoms with Crippen molar-refractivity contribution in [1.29, 1.82) is 0 Å². The Labute approximate surface area is 216 Å². The van der Waals surface area contributed by atoms with E-state index in [0.717, 1.165) is 32.1 Å². The molecule has 0 spiro atoms. The number of benzene rings is 3. The Morgan fingerprint density at radius 3 is 2.63 bits per heavy atom. The van der Waals surface area contributed by atoms with Gasteiger partial charge in [-0.15, -0.1) is 0 Å². The van der Waals surface area contributed by atoms with E-state index in [1.54, 1.807) is 18.2 Å². The van der Waals surface area contributed by atoms with Gasteiger partial charge in [-0.3, -0.25) is 4.79 Å². The van der Waals surface area contributed by atoms with Gasteiger partial charge in [0.15, 0.2) is 0 Å². The van der Waals surface area contributed by atoms with E-state index in [0.29, 0.717) is 30.0 Å². The van der Waals surface area contributed by atoms with Crippen LogP contribution in [-0.4, -0.2) is 22.2 Å². The summed E-state index contributed by atoms with van der Waals surface area (Å²) in [6.45, 7) is 2.43. The van der Waals surface area contributed by atoms with Crippen LogP contribution in [0.2, 0.25) is 5.02 Å². The van der Waals surface area contributed by atoms with Crippen LogP contribution in [-0.2, 0) is 0 Å². The van der Waals surface area contributed by atoms with Crippen molar-refractivity contribution < 1.29 is 9.50 Å². The van der Waals surface area contributed by atoms with Crippen molar-refractivity contribution in [2.24, 2.45) is 0 Å². The first-order valence-electron chi connectivity index (χ1n) is 11.5. The van der Waals surface area contributed by atoms with E-state index in [1.165, 1.54) is 12.1 Å². The van der Waals surface area contributed by atoms with Crippen molar-refractivity contribution in [2.45, 2.75) is 37.3 Å². The minimum Gasteiger partial charge on any atom is -0.389 e. The summed E-state index contributed by atoms with van der Waals surface area (Å²) in [5.74, 6) is -0.873. The second-order valence-electron chi connectivity index (χ2n) is 9.34. The SMILES string of the molecule is Cc1cc(F)ccc1C1CC(O)(C(c2ccc(Cl)cc2)c2cc3cc(Br)ccc3[nH]c2=O)CCN1. The molecule has 1 aliphatic rings. The Hall–Kier alpha value is -2.51. The number of aromatic amines is 1. The highest BCUT2D eigenvalue weighted by atomic mass is 79.9. The van der Waals surface area contributed by atoms with Crippen LogP contribution in [0, 0.1) is 12.7 Å². The molecule has 0 radical (unpaired) electrons. The molecular weight excluding hydrogens is 531 g/mol. The zero-order valence-electron chi connectivity index (χ0n) is 19.1. The molecule has 7 heteroatoms. The number of aromatic nitrogens is 1. The molecule has 5 rings (SSSR count). The molecule has 3 N–H and O–H groups in total. The zero-order valence-corrected chi connectivity index (χ0v) is 21.5. The minimum atomic E-state index is -1.22. The smallest absolute Gasteiger partial charge is 0.252 e. The fraction of sp³-hybridized carbons (Fsp3) is 0.250. The van der Waals surface area contributed by atoms with Crippen LogP contribution in [0.1, 0.15) is 47.1 Å². The lowest BCUT2D eigenvalue weighted by Crippen LogP contribution is -2.49. The van der Waals surface area contributed by atoms with Gasteiger partial charge in [0, 0.05) is 32.5 Å². The molecule has 2 heterocycles. The third kappa shape index (κ3) is 4.81. The molecule has 35 heavy (non-hydrogen) atoms. The lowest BCUT2D eigenvalue weighted by atomic mass is 9.70. The Morgan fingerprint density at radius 2 is 1.89 bits per heavy atom. The third-order valence-electron chi connectivity index (χ3n) is 7.00. The molecule has 4 nitrogen and oxygen atoms in total. The van der Waals surface area contributed by atoms with Gasteiger partial charge in [-0.1, -0.05) is 45.7 Å². The molecule has 1 saturated heterocycles. The second-order valence-corrected chi connectivity index (χ2v) is 10.7. The van der Waals surface area contributed by atoms with Gasteiger partial charge in [0.25, 0.3) is 5.56 Å². The number of aryl methyl sites for hydroxylation is 1. The first-order chi connectivity index (χ1) is 16.7. The number of aliphatic hydroxyl groups is 1. The summed E-state index contributed by atoms with van der Waals surface area (Å²) in [5.41, 5.74) is 2.34. The monoisotopic (exact) mass is 554 g/mol. The minimum absolute atomic E-state index is 0.183. The Morgan fingerprint density at radius 1 is 1.11 bits per heavy atom. The normalized spacial score (nSPS) is 21.2. The molecule has 3 atom stereocenters. The molecule has 3 unspecified atom stereocenters. The highest BCUT2D eigenvalue weighted by Crippen LogP contribution is 2.44. The molecule has 1 aromatic heterocycles. The molecule has 1 aliphatic heterocycles. The van der Waals surface area contributed by atoms with E-state index < -0.39 is 11.5 Å². The number of fused-ring (bicyclic) bond motifs is 1. The molecular formula is C28H25BrClFN2O2. The fourth-order valence-electron chi connectivity index (χ4n) is 5.35. The van der Waals surface area contributed by atoms with Crippen molar-refractivity contribution in [1.82, 2.24) is 10.3 Å². The topological polar surface area (TPSA) is 65.1 Å². The van der Waals surface area contributed by atoms with Gasteiger partial charge in [-0.25, -0.2) is 4.39 Å². The molecule has 180 valence electrons. The molecule has 0 amide bonds. The zero-order chi connectivity index (χ0) is 24.7. The largest absolute Gasteiger partial charge is 0.389 e. The first kappa shape index (κ1) is 24.2. The van der Waals surface area contributed by atoms with Gasteiger partial charge in [0.1, 0.15) is 5.82 Å². The van der Waals surface area contributed by atoms with E-state index in [9.17, 15) is 14.3 Å². The van der Waals surface area contributed by atoms with Gasteiger partial charge in [-0.2, -0.15) is 0 Å². The number of halogens is 3. The van der Waals surface area contributed by atoms with Crippen LogP contribution < -0.4 is 10.9 Å². The third-order valence-corrected chi connectivity index (χ3v) is 7.75. The van der Waals surface area contributed by atoms with E-state index in [1.807, 2.05) is 43.3 Å². The predicted molar refractivity (Wildman–Crippen MR) is 142 cm³/mol. The Kier molecular flexibility index (Phi) is 6.57. The highest BCUT2D eigenvalue weighted by Gasteiger charge is 2.44. The second kappa shape index (κ2) is 9.51. The Bertz CT molecular complexity index is 1460. The van der Waals surface area contributed by atoms with E-state index in [2.05, 4.69) is 26.2 Å². The predicted octanol–water partition coefficient (Wildman–Crippen LogP) is 6.38. The van der Waals surface area contributed by atoms with Gasteiger partial charge in [0.2, 0.25) is 0 Å². The summed E-state index contributed by atoms with van der Waals surface area (Å²) in [7, 11) is 0. The molecule has 1 fully saturated rings. The summed E-state index contributed by atoms with van der Waals surface area (Å²) in [4.78, 5) is 16.4. The van der Waals surface area contributed by atoms with Crippen LogP contribution in [0.25, 0.3) is 10.9 Å². The van der Waals surface area contributed by atoms with E-state index >= 15 is 0 Å². The summed E-state index contributed by atoms with van der Waals surface area (Å²) in [5, 5.41) is 17.2. The van der Waals surface area contributed by atoms with Crippen LogP contribution >= 0.6 is 27.5 Å². The fourth-order valence-corrected chi connectivity index (χ4v) is 5.85. The summed E-state index contributed by atoms with van der Waals surface area (Å²) in [6, 6.07) is 19.4. The van der Waals surface area contributed by atoms with Crippen LogP contribution in [0.15, 0.2) is 76.0 Å². The summed E-state index contributed by atoms with van der Waals surface area (Å²) >= 11 is 9.67. The van der Waals surface area contributed by atoms with Crippen molar-refractivity contribution >= 4 is 38.4 Å². The van der Waals surface area contributed by atoms with Crippen LogP contribution in [0.4, 0.5) is 4.39 Å². The van der Waals surface area contributed by atoms with E-state index in [-0.39, 0.29) is 17.4 Å². The van der Waals surface area contributed by atoms with Crippen LogP contribution in [0.3, 0.4) is 0 Å². The molecule has 3 aromatic carbocycles. The Balaban J connectivity index is 1.64. The van der Waals surface area contributed by atoms with Crippen LogP contribution in [0.5, 0.6) is 0 Å². The van der Waals surface area contributed by atoms with Crippen molar-refractivity contribution in [3.63, 3.8) is 0 Å². The average molecular weight is 556 g/mol. The summed E-state index contributed by atoms with van der Waals surface area (Å²) in [6.07, 6.45) is 0.815. The maximum atomic E-state index is 13.7. The maximum absolute atomic E-state index is 13.7. The number of nitrogens with one attached hydrogen (secondary N) is 2. The lowest BCUT2D eigenvalue weighted by molar-refractivity contribution is -0.0194. The van der Waals surface area contributed by atoms with Gasteiger partial charge < -0.3 is 15.4 Å². The average Bonchev–Trinajstić information content (AvgIpc) is 2.81. The molecule has 0 bridgehead atoms. The molecule has 4 aromatic rings. The van der Waals surface area contributed by atoms with E-state index in [4.69, 9.17) is 11.6 Å². The molecule has 0 aliphatic carbocycles. The number of H-pyrrole nitrogens is 1. The van der Waals surface area contributed by atoms with Gasteiger partial charge in [-0.05, 0) is 96.9 Å². The highest BCUT2D eigenvalue weighted by molar-refractivity contribution is 9.10. The first-order valence-corrected chi connectivity index (χ1v) is 12.7. The number of pyridine rings is 1.